The lowest BCUT2D eigenvalue weighted by Gasteiger charge is -2.15. The second-order valence-corrected chi connectivity index (χ2v) is 6.05. The van der Waals surface area contributed by atoms with E-state index in [4.69, 9.17) is 23.2 Å². The van der Waals surface area contributed by atoms with Crippen molar-refractivity contribution in [2.45, 2.75) is 12.5 Å². The second-order valence-electron chi connectivity index (χ2n) is 3.90. The van der Waals surface area contributed by atoms with Crippen molar-refractivity contribution < 1.29 is 4.39 Å². The normalized spacial score (nSPS) is 12.7. The Bertz CT molecular complexity index is 542. The van der Waals surface area contributed by atoms with E-state index in [0.29, 0.717) is 12.0 Å². The van der Waals surface area contributed by atoms with Crippen molar-refractivity contribution in [3.8, 4) is 0 Å². The molecular weight excluding hydrogens is 292 g/mol. The average molecular weight is 304 g/mol. The number of halogens is 3. The van der Waals surface area contributed by atoms with Gasteiger partial charge in [-0.3, -0.25) is 0 Å². The fourth-order valence-corrected chi connectivity index (χ4v) is 3.15. The van der Waals surface area contributed by atoms with E-state index in [0.717, 1.165) is 9.21 Å². The van der Waals surface area contributed by atoms with E-state index in [-0.39, 0.29) is 16.9 Å². The first-order valence-corrected chi connectivity index (χ1v) is 7.04. The fourth-order valence-electron chi connectivity index (χ4n) is 1.79. The maximum Gasteiger partial charge on any atom is 0.145 e. The SMILES string of the molecule is CNC(Cc1cccc(Cl)c1F)c1ccc(Cl)s1. The van der Waals surface area contributed by atoms with Gasteiger partial charge in [-0.05, 0) is 37.2 Å². The summed E-state index contributed by atoms with van der Waals surface area (Å²) in [5, 5.41) is 3.33. The van der Waals surface area contributed by atoms with Gasteiger partial charge in [0.15, 0.2) is 0 Å². The number of likely N-dealkylation sites (N-methyl/N-ethyl adjacent to an activating group) is 1. The summed E-state index contributed by atoms with van der Waals surface area (Å²) in [5.41, 5.74) is 0.603. The Labute approximate surface area is 120 Å². The van der Waals surface area contributed by atoms with Crippen LogP contribution in [0.3, 0.4) is 0 Å². The zero-order chi connectivity index (χ0) is 13.1. The second kappa shape index (κ2) is 6.02. The van der Waals surface area contributed by atoms with Gasteiger partial charge in [0.25, 0.3) is 0 Å². The molecule has 1 aromatic heterocycles. The summed E-state index contributed by atoms with van der Waals surface area (Å²) in [7, 11) is 1.85. The molecule has 0 aliphatic rings. The molecule has 5 heteroatoms. The van der Waals surface area contributed by atoms with Crippen molar-refractivity contribution in [3.63, 3.8) is 0 Å². The standard InChI is InChI=1S/C13H12Cl2FNS/c1-17-10(11-5-6-12(15)18-11)7-8-3-2-4-9(14)13(8)16/h2-6,10,17H,7H2,1H3. The van der Waals surface area contributed by atoms with Gasteiger partial charge in [0.05, 0.1) is 9.36 Å². The molecule has 0 spiro atoms. The molecule has 0 aliphatic carbocycles. The molecule has 0 aliphatic heterocycles. The van der Waals surface area contributed by atoms with Gasteiger partial charge in [0.1, 0.15) is 5.82 Å². The van der Waals surface area contributed by atoms with Crippen LogP contribution in [0.25, 0.3) is 0 Å². The van der Waals surface area contributed by atoms with Crippen LogP contribution >= 0.6 is 34.5 Å². The van der Waals surface area contributed by atoms with Gasteiger partial charge in [-0.15, -0.1) is 11.3 Å². The number of hydrogen-bond donors (Lipinski definition) is 1. The van der Waals surface area contributed by atoms with E-state index in [1.807, 2.05) is 19.2 Å². The van der Waals surface area contributed by atoms with Gasteiger partial charge in [-0.1, -0.05) is 35.3 Å². The van der Waals surface area contributed by atoms with Crippen molar-refractivity contribution in [2.24, 2.45) is 0 Å². The number of nitrogens with one attached hydrogen (secondary N) is 1. The molecule has 0 amide bonds. The molecule has 2 aromatic rings. The average Bonchev–Trinajstić information content (AvgIpc) is 2.78. The maximum atomic E-state index is 13.8. The molecule has 1 unspecified atom stereocenters. The van der Waals surface area contributed by atoms with Crippen LogP contribution in [0.15, 0.2) is 30.3 Å². The Morgan fingerprint density at radius 2 is 2.06 bits per heavy atom. The third kappa shape index (κ3) is 3.04. The zero-order valence-corrected chi connectivity index (χ0v) is 12.0. The summed E-state index contributed by atoms with van der Waals surface area (Å²) < 4.78 is 14.6. The van der Waals surface area contributed by atoms with Crippen LogP contribution in [0.4, 0.5) is 4.39 Å². The first-order valence-electron chi connectivity index (χ1n) is 5.47. The topological polar surface area (TPSA) is 12.0 Å². The maximum absolute atomic E-state index is 13.8. The highest BCUT2D eigenvalue weighted by atomic mass is 35.5. The van der Waals surface area contributed by atoms with E-state index in [9.17, 15) is 4.39 Å². The molecule has 1 atom stereocenters. The van der Waals surface area contributed by atoms with Crippen molar-refractivity contribution in [1.82, 2.24) is 5.32 Å². The molecule has 1 aromatic carbocycles. The Balaban J connectivity index is 2.23. The first-order chi connectivity index (χ1) is 8.61. The van der Waals surface area contributed by atoms with Crippen LogP contribution in [0.5, 0.6) is 0 Å². The van der Waals surface area contributed by atoms with E-state index in [1.165, 1.54) is 11.3 Å². The van der Waals surface area contributed by atoms with Gasteiger partial charge >= 0.3 is 0 Å². The molecule has 1 N–H and O–H groups in total. The number of thiophene rings is 1. The molecule has 0 bridgehead atoms. The van der Waals surface area contributed by atoms with Gasteiger partial charge in [-0.25, -0.2) is 4.39 Å². The van der Waals surface area contributed by atoms with Crippen LogP contribution < -0.4 is 5.32 Å². The minimum absolute atomic E-state index is 0.0375. The molecule has 1 heterocycles. The van der Waals surface area contributed by atoms with Crippen molar-refractivity contribution in [2.75, 3.05) is 7.05 Å². The van der Waals surface area contributed by atoms with E-state index in [1.54, 1.807) is 18.2 Å². The molecule has 0 radical (unpaired) electrons. The van der Waals surface area contributed by atoms with Gasteiger partial charge in [0.2, 0.25) is 0 Å². The van der Waals surface area contributed by atoms with Crippen LogP contribution in [0.1, 0.15) is 16.5 Å². The van der Waals surface area contributed by atoms with E-state index < -0.39 is 0 Å². The minimum atomic E-state index is -0.345. The van der Waals surface area contributed by atoms with Crippen molar-refractivity contribution in [1.29, 1.82) is 0 Å². The molecule has 0 fully saturated rings. The smallest absolute Gasteiger partial charge is 0.145 e. The minimum Gasteiger partial charge on any atom is -0.312 e. The first kappa shape index (κ1) is 13.8. The molecule has 0 saturated carbocycles. The Hall–Kier alpha value is -0.610. The fraction of sp³-hybridized carbons (Fsp3) is 0.231. The molecule has 1 nitrogen and oxygen atoms in total. The summed E-state index contributed by atoms with van der Waals surface area (Å²) in [5.74, 6) is -0.345. The summed E-state index contributed by atoms with van der Waals surface area (Å²) in [6, 6.07) is 8.90. The van der Waals surface area contributed by atoms with Crippen LogP contribution in [0, 0.1) is 5.82 Å². The summed E-state index contributed by atoms with van der Waals surface area (Å²) in [4.78, 5) is 1.09. The molecule has 18 heavy (non-hydrogen) atoms. The number of rotatable bonds is 4. The monoisotopic (exact) mass is 303 g/mol. The molecular formula is C13H12Cl2FNS. The lowest BCUT2D eigenvalue weighted by molar-refractivity contribution is 0.560. The van der Waals surface area contributed by atoms with Crippen molar-refractivity contribution in [3.05, 3.63) is 55.9 Å². The summed E-state index contributed by atoms with van der Waals surface area (Å²) in [6.45, 7) is 0. The van der Waals surface area contributed by atoms with E-state index >= 15 is 0 Å². The predicted molar refractivity (Wildman–Crippen MR) is 76.2 cm³/mol. The van der Waals surface area contributed by atoms with E-state index in [2.05, 4.69) is 5.32 Å². The molecule has 0 saturated heterocycles. The Kier molecular flexibility index (Phi) is 4.62. The Morgan fingerprint density at radius 3 is 2.67 bits per heavy atom. The predicted octanol–water partition coefficient (Wildman–Crippen LogP) is 4.70. The van der Waals surface area contributed by atoms with Crippen LogP contribution in [-0.4, -0.2) is 7.05 Å². The highest BCUT2D eigenvalue weighted by Gasteiger charge is 2.15. The highest BCUT2D eigenvalue weighted by molar-refractivity contribution is 7.16. The van der Waals surface area contributed by atoms with Crippen LogP contribution in [-0.2, 0) is 6.42 Å². The van der Waals surface area contributed by atoms with Crippen molar-refractivity contribution >= 4 is 34.5 Å². The number of benzene rings is 1. The van der Waals surface area contributed by atoms with Gasteiger partial charge in [-0.2, -0.15) is 0 Å². The molecule has 2 rings (SSSR count). The van der Waals surface area contributed by atoms with Gasteiger partial charge in [0, 0.05) is 10.9 Å². The highest BCUT2D eigenvalue weighted by Crippen LogP contribution is 2.30. The third-order valence-electron chi connectivity index (χ3n) is 2.74. The lowest BCUT2D eigenvalue weighted by Crippen LogP contribution is -2.18. The van der Waals surface area contributed by atoms with Crippen LogP contribution in [0.2, 0.25) is 9.36 Å². The number of hydrogen-bond acceptors (Lipinski definition) is 2. The summed E-state index contributed by atoms with van der Waals surface area (Å²) in [6.07, 6.45) is 0.541. The van der Waals surface area contributed by atoms with Gasteiger partial charge < -0.3 is 5.32 Å². The zero-order valence-electron chi connectivity index (χ0n) is 9.71. The summed E-state index contributed by atoms with van der Waals surface area (Å²) >= 11 is 13.2. The largest absolute Gasteiger partial charge is 0.312 e. The molecule has 96 valence electrons. The Morgan fingerprint density at radius 1 is 1.28 bits per heavy atom. The third-order valence-corrected chi connectivity index (χ3v) is 4.38. The quantitative estimate of drug-likeness (QED) is 0.863. The lowest BCUT2D eigenvalue weighted by atomic mass is 10.0.